The van der Waals surface area contributed by atoms with Gasteiger partial charge in [-0.1, -0.05) is 24.3 Å². The maximum Gasteiger partial charge on any atom is 0.225 e. The largest absolute Gasteiger partial charge is 0.387 e. The monoisotopic (exact) mass is 395 g/mol. The number of aryl methyl sites for hydroxylation is 1. The molecule has 3 rings (SSSR count). The summed E-state index contributed by atoms with van der Waals surface area (Å²) >= 11 is 0. The van der Waals surface area contributed by atoms with E-state index in [-0.39, 0.29) is 18.0 Å². The van der Waals surface area contributed by atoms with E-state index in [1.807, 2.05) is 37.6 Å². The van der Waals surface area contributed by atoms with E-state index in [9.17, 15) is 4.79 Å². The number of hydrogen-bond donors (Lipinski definition) is 2. The number of carbonyl (C=O) groups excluding carboxylic acids is 1. The lowest BCUT2D eigenvalue weighted by molar-refractivity contribution is -0.117. The van der Waals surface area contributed by atoms with Crippen LogP contribution in [0, 0.1) is 11.3 Å². The summed E-state index contributed by atoms with van der Waals surface area (Å²) in [6.07, 6.45) is 6.92. The quantitative estimate of drug-likeness (QED) is 0.500. The lowest BCUT2D eigenvalue weighted by atomic mass is 10.00. The highest BCUT2D eigenvalue weighted by atomic mass is 16.5. The predicted molar refractivity (Wildman–Crippen MR) is 114 cm³/mol. The summed E-state index contributed by atoms with van der Waals surface area (Å²) in [5.41, 5.74) is 8.33. The number of anilines is 1. The number of rotatable bonds is 9. The number of nitrogens with zero attached hydrogens (tertiary/aromatic N) is 3. The molecule has 1 fully saturated rings. The topological polar surface area (TPSA) is 105 Å². The van der Waals surface area contributed by atoms with Crippen LogP contribution < -0.4 is 10.6 Å². The zero-order valence-corrected chi connectivity index (χ0v) is 16.9. The Morgan fingerprint density at radius 3 is 2.66 bits per heavy atom. The van der Waals surface area contributed by atoms with Gasteiger partial charge in [-0.2, -0.15) is 0 Å². The Hall–Kier alpha value is -2.80. The van der Waals surface area contributed by atoms with Gasteiger partial charge >= 0.3 is 0 Å². The Balaban J connectivity index is 1.60. The second-order valence-electron chi connectivity index (χ2n) is 7.65. The van der Waals surface area contributed by atoms with Gasteiger partial charge in [0.15, 0.2) is 0 Å². The average Bonchev–Trinajstić information content (AvgIpc) is 2.73. The molecule has 3 N–H and O–H groups in total. The Morgan fingerprint density at radius 1 is 1.24 bits per heavy atom. The summed E-state index contributed by atoms with van der Waals surface area (Å²) in [7, 11) is 2.03. The predicted octanol–water partition coefficient (Wildman–Crippen LogP) is 2.83. The maximum atomic E-state index is 11.8. The molecular weight excluding hydrogens is 366 g/mol. The lowest BCUT2D eigenvalue weighted by Gasteiger charge is -2.27. The van der Waals surface area contributed by atoms with Gasteiger partial charge < -0.3 is 15.4 Å². The van der Waals surface area contributed by atoms with E-state index in [0.717, 1.165) is 55.2 Å². The molecule has 0 atom stereocenters. The van der Waals surface area contributed by atoms with Gasteiger partial charge in [0.05, 0.1) is 12.3 Å². The molecule has 1 saturated heterocycles. The minimum absolute atomic E-state index is 0.0110. The van der Waals surface area contributed by atoms with Crippen molar-refractivity contribution in [3.63, 3.8) is 0 Å². The number of nitrogens with one attached hydrogen (secondary N) is 1. The minimum atomic E-state index is -0.0808. The smallest absolute Gasteiger partial charge is 0.225 e. The Labute approximate surface area is 171 Å². The Morgan fingerprint density at radius 2 is 1.97 bits per heavy atom. The molecular formula is C22H29N5O2. The summed E-state index contributed by atoms with van der Waals surface area (Å²) < 4.78 is 5.43. The molecule has 1 aliphatic rings. The van der Waals surface area contributed by atoms with Crippen molar-refractivity contribution < 1.29 is 9.53 Å². The maximum absolute atomic E-state index is 11.8. The first-order valence-electron chi connectivity index (χ1n) is 10.1. The molecule has 0 saturated carbocycles. The molecule has 0 unspecified atom stereocenters. The molecule has 1 aliphatic heterocycles. The van der Waals surface area contributed by atoms with Crippen LogP contribution in [0.4, 0.5) is 5.95 Å². The van der Waals surface area contributed by atoms with Crippen molar-refractivity contribution in [1.29, 1.82) is 5.41 Å². The van der Waals surface area contributed by atoms with Crippen molar-refractivity contribution in [3.8, 4) is 11.1 Å². The number of amidine groups is 1. The van der Waals surface area contributed by atoms with Gasteiger partial charge in [0, 0.05) is 51.2 Å². The highest BCUT2D eigenvalue weighted by molar-refractivity contribution is 5.98. The van der Waals surface area contributed by atoms with Gasteiger partial charge in [0.2, 0.25) is 5.95 Å². The molecule has 0 amide bonds. The van der Waals surface area contributed by atoms with Crippen molar-refractivity contribution >= 4 is 17.6 Å². The first kappa shape index (κ1) is 20.9. The van der Waals surface area contributed by atoms with Crippen LogP contribution in [-0.2, 0) is 16.0 Å². The molecule has 29 heavy (non-hydrogen) atoms. The molecule has 0 radical (unpaired) electrons. The number of Topliss-reactive ketones (excluding diaryl/α,β-unsaturated/α-hetero) is 1. The second kappa shape index (κ2) is 10.1. The van der Waals surface area contributed by atoms with Crippen LogP contribution in [0.15, 0.2) is 36.7 Å². The third-order valence-electron chi connectivity index (χ3n) is 5.19. The first-order chi connectivity index (χ1) is 14.0. The average molecular weight is 396 g/mol. The third kappa shape index (κ3) is 6.35. The molecule has 2 aromatic rings. The number of carbonyl (C=O) groups is 1. The number of aromatic nitrogens is 2. The second-order valence-corrected chi connectivity index (χ2v) is 7.65. The van der Waals surface area contributed by atoms with E-state index in [2.05, 4.69) is 20.9 Å². The Kier molecular flexibility index (Phi) is 7.30. The molecule has 0 bridgehead atoms. The zero-order valence-electron chi connectivity index (χ0n) is 16.9. The molecule has 2 heterocycles. The summed E-state index contributed by atoms with van der Waals surface area (Å²) in [5, 5.41) is 7.21. The van der Waals surface area contributed by atoms with Crippen molar-refractivity contribution in [1.82, 2.24) is 9.97 Å². The van der Waals surface area contributed by atoms with E-state index < -0.39 is 0 Å². The standard InChI is InChI=1S/C22H29N5O2/c1-27(15-17-7-9-29-10-8-17)22-25-13-19(14-26-22)18-4-2-3-16(11-18)5-6-20(28)12-21(23)24/h2-4,11,13-14,17H,5-10,12,15H2,1H3,(H3,23,24). The van der Waals surface area contributed by atoms with E-state index in [1.54, 1.807) is 0 Å². The molecule has 1 aromatic heterocycles. The third-order valence-corrected chi connectivity index (χ3v) is 5.19. The van der Waals surface area contributed by atoms with Gasteiger partial charge in [-0.25, -0.2) is 9.97 Å². The number of nitrogens with two attached hydrogens (primary N) is 1. The molecule has 0 aliphatic carbocycles. The van der Waals surface area contributed by atoms with Crippen LogP contribution >= 0.6 is 0 Å². The summed E-state index contributed by atoms with van der Waals surface area (Å²) in [5.74, 6) is 1.26. The summed E-state index contributed by atoms with van der Waals surface area (Å²) in [6.45, 7) is 2.62. The van der Waals surface area contributed by atoms with Crippen LogP contribution in [0.25, 0.3) is 11.1 Å². The number of hydrogen-bond acceptors (Lipinski definition) is 6. The SMILES string of the molecule is CN(CC1CCOCC1)c1ncc(-c2cccc(CCC(=O)CC(=N)N)c2)cn1. The van der Waals surface area contributed by atoms with Gasteiger partial charge in [0.1, 0.15) is 5.78 Å². The van der Waals surface area contributed by atoms with E-state index in [4.69, 9.17) is 15.9 Å². The van der Waals surface area contributed by atoms with E-state index in [1.165, 1.54) is 0 Å². The first-order valence-corrected chi connectivity index (χ1v) is 10.1. The van der Waals surface area contributed by atoms with Gasteiger partial charge in [0.25, 0.3) is 0 Å². The summed E-state index contributed by atoms with van der Waals surface area (Å²) in [6, 6.07) is 8.06. The van der Waals surface area contributed by atoms with Crippen molar-refractivity contribution in [2.75, 3.05) is 31.7 Å². The van der Waals surface area contributed by atoms with Crippen molar-refractivity contribution in [3.05, 3.63) is 42.2 Å². The highest BCUT2D eigenvalue weighted by Crippen LogP contribution is 2.22. The normalized spacial score (nSPS) is 14.5. The number of benzene rings is 1. The van der Waals surface area contributed by atoms with E-state index >= 15 is 0 Å². The molecule has 0 spiro atoms. The number of ether oxygens (including phenoxy) is 1. The molecule has 7 heteroatoms. The van der Waals surface area contributed by atoms with Crippen LogP contribution in [0.3, 0.4) is 0 Å². The highest BCUT2D eigenvalue weighted by Gasteiger charge is 2.17. The van der Waals surface area contributed by atoms with Crippen LogP contribution in [-0.4, -0.2) is 48.4 Å². The van der Waals surface area contributed by atoms with Crippen LogP contribution in [0.5, 0.6) is 0 Å². The van der Waals surface area contributed by atoms with Crippen LogP contribution in [0.2, 0.25) is 0 Å². The van der Waals surface area contributed by atoms with Gasteiger partial charge in [-0.3, -0.25) is 10.2 Å². The fraction of sp³-hybridized carbons (Fsp3) is 0.455. The lowest BCUT2D eigenvalue weighted by Crippen LogP contribution is -2.30. The molecule has 1 aromatic carbocycles. The fourth-order valence-corrected chi connectivity index (χ4v) is 3.56. The van der Waals surface area contributed by atoms with E-state index in [0.29, 0.717) is 18.8 Å². The zero-order chi connectivity index (χ0) is 20.6. The fourth-order valence-electron chi connectivity index (χ4n) is 3.56. The van der Waals surface area contributed by atoms with Gasteiger partial charge in [-0.05, 0) is 36.3 Å². The Bertz CT molecular complexity index is 831. The van der Waals surface area contributed by atoms with Crippen molar-refractivity contribution in [2.45, 2.75) is 32.1 Å². The van der Waals surface area contributed by atoms with Crippen molar-refractivity contribution in [2.24, 2.45) is 11.7 Å². The van der Waals surface area contributed by atoms with Crippen LogP contribution in [0.1, 0.15) is 31.2 Å². The minimum Gasteiger partial charge on any atom is -0.387 e. The van der Waals surface area contributed by atoms with Gasteiger partial charge in [-0.15, -0.1) is 0 Å². The number of ketones is 1. The molecule has 7 nitrogen and oxygen atoms in total. The molecule has 154 valence electrons. The summed E-state index contributed by atoms with van der Waals surface area (Å²) in [4.78, 5) is 23.0.